The van der Waals surface area contributed by atoms with Crippen LogP contribution < -0.4 is 4.90 Å². The number of carbonyl (C=O) groups excluding carboxylic acids is 2. The Balaban J connectivity index is 2.29. The zero-order valence-electron chi connectivity index (χ0n) is 16.3. The molecule has 4 heteroatoms. The number of methoxy groups -OCH3 is 1. The molecule has 2 aromatic rings. The predicted octanol–water partition coefficient (Wildman–Crippen LogP) is 4.47. The molecule has 0 radical (unpaired) electrons. The van der Waals surface area contributed by atoms with Gasteiger partial charge in [0.1, 0.15) is 0 Å². The van der Waals surface area contributed by atoms with Crippen molar-refractivity contribution in [3.8, 4) is 0 Å². The molecule has 0 saturated heterocycles. The van der Waals surface area contributed by atoms with Crippen molar-refractivity contribution in [3.63, 3.8) is 0 Å². The zero-order valence-corrected chi connectivity index (χ0v) is 16.3. The maximum atomic E-state index is 13.2. The zero-order chi connectivity index (χ0) is 20.4. The molecule has 1 atom stereocenters. The van der Waals surface area contributed by atoms with E-state index in [0.717, 1.165) is 11.3 Å². The first kappa shape index (κ1) is 21.2. The third-order valence-electron chi connectivity index (χ3n) is 4.53. The Morgan fingerprint density at radius 3 is 2.32 bits per heavy atom. The van der Waals surface area contributed by atoms with Crippen molar-refractivity contribution in [2.75, 3.05) is 25.1 Å². The molecule has 0 aromatic heterocycles. The summed E-state index contributed by atoms with van der Waals surface area (Å²) in [6, 6.07) is 17.2. The van der Waals surface area contributed by atoms with Crippen LogP contribution in [0.15, 0.2) is 79.9 Å². The third kappa shape index (κ3) is 5.95. The molecular formula is C24H27NO3. The van der Waals surface area contributed by atoms with Crippen LogP contribution in [0.5, 0.6) is 0 Å². The normalized spacial score (nSPS) is 11.3. The van der Waals surface area contributed by atoms with E-state index in [4.69, 9.17) is 4.74 Å². The number of hydrogen-bond donors (Lipinski definition) is 0. The molecule has 0 fully saturated rings. The maximum absolute atomic E-state index is 13.2. The lowest BCUT2D eigenvalue weighted by molar-refractivity contribution is -0.141. The molecule has 2 aromatic carbocycles. The molecule has 0 amide bonds. The highest BCUT2D eigenvalue weighted by molar-refractivity contribution is 6.00. The van der Waals surface area contributed by atoms with Crippen molar-refractivity contribution < 1.29 is 14.3 Å². The fourth-order valence-corrected chi connectivity index (χ4v) is 3.13. The van der Waals surface area contributed by atoms with Crippen molar-refractivity contribution in [3.05, 3.63) is 91.0 Å². The van der Waals surface area contributed by atoms with Crippen LogP contribution in [0, 0.1) is 5.92 Å². The molecule has 0 spiro atoms. The molecule has 0 aliphatic carbocycles. The number of ether oxygens (including phenoxy) is 1. The second-order valence-corrected chi connectivity index (χ2v) is 6.56. The number of hydrogen-bond acceptors (Lipinski definition) is 4. The van der Waals surface area contributed by atoms with Gasteiger partial charge in [0.15, 0.2) is 5.78 Å². The summed E-state index contributed by atoms with van der Waals surface area (Å²) in [6.45, 7) is 8.88. The predicted molar refractivity (Wildman–Crippen MR) is 114 cm³/mol. The van der Waals surface area contributed by atoms with E-state index in [-0.39, 0.29) is 18.2 Å². The van der Waals surface area contributed by atoms with Gasteiger partial charge in [0, 0.05) is 30.3 Å². The number of rotatable bonds is 11. The molecule has 28 heavy (non-hydrogen) atoms. The number of anilines is 1. The van der Waals surface area contributed by atoms with Crippen LogP contribution in [0.3, 0.4) is 0 Å². The van der Waals surface area contributed by atoms with Crippen LogP contribution in [0.1, 0.15) is 22.3 Å². The van der Waals surface area contributed by atoms with Gasteiger partial charge in [0.05, 0.1) is 13.5 Å². The summed E-state index contributed by atoms with van der Waals surface area (Å²) in [5.41, 5.74) is 2.52. The Labute approximate surface area is 167 Å². The standard InChI is InChI=1S/C24H27NO3/c1-4-14-25(15-5-2)22-13-9-12-20(17-22)24(27)21(18-23(26)28-3)16-19-10-7-6-8-11-19/h4-13,17,21H,1-2,14-16,18H2,3H3. The average Bonchev–Trinajstić information content (AvgIpc) is 2.73. The number of Topliss-reactive ketones (excluding diaryl/α,β-unsaturated/α-hetero) is 1. The summed E-state index contributed by atoms with van der Waals surface area (Å²) in [6.07, 6.45) is 4.17. The smallest absolute Gasteiger partial charge is 0.306 e. The maximum Gasteiger partial charge on any atom is 0.306 e. The monoisotopic (exact) mass is 377 g/mol. The number of nitrogens with zero attached hydrogens (tertiary/aromatic N) is 1. The van der Waals surface area contributed by atoms with Crippen LogP contribution in [0.25, 0.3) is 0 Å². The number of ketones is 1. The SMILES string of the molecule is C=CCN(CC=C)c1cccc(C(=O)C(CC(=O)OC)Cc2ccccc2)c1. The first-order chi connectivity index (χ1) is 13.6. The largest absolute Gasteiger partial charge is 0.469 e. The topological polar surface area (TPSA) is 46.6 Å². The van der Waals surface area contributed by atoms with Gasteiger partial charge in [-0.1, -0.05) is 54.6 Å². The molecular weight excluding hydrogens is 350 g/mol. The van der Waals surface area contributed by atoms with Crippen LogP contribution >= 0.6 is 0 Å². The first-order valence-corrected chi connectivity index (χ1v) is 9.30. The minimum atomic E-state index is -0.475. The summed E-state index contributed by atoms with van der Waals surface area (Å²) >= 11 is 0. The molecule has 0 saturated carbocycles. The van der Waals surface area contributed by atoms with E-state index >= 15 is 0 Å². The summed E-state index contributed by atoms with van der Waals surface area (Å²) in [7, 11) is 1.34. The van der Waals surface area contributed by atoms with E-state index in [1.54, 1.807) is 6.07 Å². The van der Waals surface area contributed by atoms with Gasteiger partial charge in [0.25, 0.3) is 0 Å². The Bertz CT molecular complexity index is 804. The Kier molecular flexibility index (Phi) is 8.22. The van der Waals surface area contributed by atoms with E-state index in [1.807, 2.05) is 60.7 Å². The van der Waals surface area contributed by atoms with Crippen molar-refractivity contribution in [2.24, 2.45) is 5.92 Å². The third-order valence-corrected chi connectivity index (χ3v) is 4.53. The van der Waals surface area contributed by atoms with Gasteiger partial charge < -0.3 is 9.64 Å². The highest BCUT2D eigenvalue weighted by Crippen LogP contribution is 2.23. The quantitative estimate of drug-likeness (QED) is 0.329. The highest BCUT2D eigenvalue weighted by Gasteiger charge is 2.24. The summed E-state index contributed by atoms with van der Waals surface area (Å²) in [5, 5.41) is 0. The minimum Gasteiger partial charge on any atom is -0.469 e. The van der Waals surface area contributed by atoms with E-state index in [1.165, 1.54) is 7.11 Å². The lowest BCUT2D eigenvalue weighted by atomic mass is 9.88. The Hall–Kier alpha value is -3.14. The molecule has 0 N–H and O–H groups in total. The minimum absolute atomic E-state index is 0.0531. The van der Waals surface area contributed by atoms with E-state index in [0.29, 0.717) is 25.1 Å². The van der Waals surface area contributed by atoms with Crippen molar-refractivity contribution in [1.82, 2.24) is 0 Å². The summed E-state index contributed by atoms with van der Waals surface area (Å²) in [4.78, 5) is 27.2. The summed E-state index contributed by atoms with van der Waals surface area (Å²) < 4.78 is 4.81. The summed E-state index contributed by atoms with van der Waals surface area (Å²) in [5.74, 6) is -0.920. The van der Waals surface area contributed by atoms with Crippen LogP contribution in [0.2, 0.25) is 0 Å². The van der Waals surface area contributed by atoms with Gasteiger partial charge in [-0.05, 0) is 24.1 Å². The number of esters is 1. The molecule has 1 unspecified atom stereocenters. The lowest BCUT2D eigenvalue weighted by Crippen LogP contribution is -2.24. The van der Waals surface area contributed by atoms with Crippen LogP contribution in [-0.2, 0) is 16.0 Å². The van der Waals surface area contributed by atoms with Crippen molar-refractivity contribution >= 4 is 17.4 Å². The van der Waals surface area contributed by atoms with Gasteiger partial charge in [-0.2, -0.15) is 0 Å². The van der Waals surface area contributed by atoms with Crippen molar-refractivity contribution in [2.45, 2.75) is 12.8 Å². The van der Waals surface area contributed by atoms with Gasteiger partial charge in [-0.25, -0.2) is 0 Å². The second kappa shape index (κ2) is 10.9. The fourth-order valence-electron chi connectivity index (χ4n) is 3.13. The average molecular weight is 377 g/mol. The second-order valence-electron chi connectivity index (χ2n) is 6.56. The van der Waals surface area contributed by atoms with Gasteiger partial charge in [-0.15, -0.1) is 13.2 Å². The highest BCUT2D eigenvalue weighted by atomic mass is 16.5. The van der Waals surface area contributed by atoms with Crippen LogP contribution in [0.4, 0.5) is 5.69 Å². The van der Waals surface area contributed by atoms with E-state index in [2.05, 4.69) is 18.1 Å². The van der Waals surface area contributed by atoms with Gasteiger partial charge in [0.2, 0.25) is 0 Å². The fraction of sp³-hybridized carbons (Fsp3) is 0.250. The number of carbonyl (C=O) groups is 2. The molecule has 2 rings (SSSR count). The molecule has 0 heterocycles. The van der Waals surface area contributed by atoms with E-state index in [9.17, 15) is 9.59 Å². The Morgan fingerprint density at radius 2 is 1.71 bits per heavy atom. The molecule has 4 nitrogen and oxygen atoms in total. The first-order valence-electron chi connectivity index (χ1n) is 9.30. The molecule has 0 aliphatic heterocycles. The molecule has 0 aliphatic rings. The molecule has 146 valence electrons. The lowest BCUT2D eigenvalue weighted by Gasteiger charge is -2.22. The van der Waals surface area contributed by atoms with Gasteiger partial charge in [-0.3, -0.25) is 9.59 Å². The van der Waals surface area contributed by atoms with Gasteiger partial charge >= 0.3 is 5.97 Å². The van der Waals surface area contributed by atoms with Crippen molar-refractivity contribution in [1.29, 1.82) is 0 Å². The number of benzene rings is 2. The molecule has 0 bridgehead atoms. The van der Waals surface area contributed by atoms with E-state index < -0.39 is 5.92 Å². The van der Waals surface area contributed by atoms with Crippen LogP contribution in [-0.4, -0.2) is 32.0 Å². The Morgan fingerprint density at radius 1 is 1.04 bits per heavy atom.